The molecule has 1 atom stereocenters. The largest absolute Gasteiger partial charge is 0.508 e. The molecule has 1 fully saturated rings. The fourth-order valence-corrected chi connectivity index (χ4v) is 2.20. The first-order chi connectivity index (χ1) is 6.68. The summed E-state index contributed by atoms with van der Waals surface area (Å²) >= 11 is 3.31. The maximum atomic E-state index is 9.72. The van der Waals surface area contributed by atoms with Gasteiger partial charge in [-0.15, -0.1) is 0 Å². The second kappa shape index (κ2) is 3.91. The van der Waals surface area contributed by atoms with Gasteiger partial charge >= 0.3 is 0 Å². The van der Waals surface area contributed by atoms with Crippen LogP contribution in [0.2, 0.25) is 0 Å². The number of halogens is 1. The molecule has 0 amide bonds. The van der Waals surface area contributed by atoms with Crippen molar-refractivity contribution in [3.63, 3.8) is 0 Å². The first-order valence-corrected chi connectivity index (χ1v) is 5.72. The standard InChI is InChI=1S/C11H14BrNO/c12-8-4-5-9(10(14)6-8)11(13)7-2-1-3-7/h4-7,11,14H,1-3,13H2. The highest BCUT2D eigenvalue weighted by atomic mass is 79.9. The third-order valence-corrected chi connectivity index (χ3v) is 3.50. The summed E-state index contributed by atoms with van der Waals surface area (Å²) in [7, 11) is 0. The number of phenolic OH excluding ortho intramolecular Hbond substituents is 1. The van der Waals surface area contributed by atoms with Gasteiger partial charge < -0.3 is 10.8 Å². The number of aromatic hydroxyl groups is 1. The second-order valence-electron chi connectivity index (χ2n) is 3.92. The summed E-state index contributed by atoms with van der Waals surface area (Å²) in [5, 5.41) is 9.72. The highest BCUT2D eigenvalue weighted by molar-refractivity contribution is 9.10. The highest BCUT2D eigenvalue weighted by Crippen LogP contribution is 2.39. The minimum atomic E-state index is -0.00292. The Balaban J connectivity index is 2.22. The summed E-state index contributed by atoms with van der Waals surface area (Å²) in [6.45, 7) is 0. The lowest BCUT2D eigenvalue weighted by atomic mass is 9.77. The molecule has 0 heterocycles. The number of hydrogen-bond acceptors (Lipinski definition) is 2. The maximum Gasteiger partial charge on any atom is 0.121 e. The summed E-state index contributed by atoms with van der Waals surface area (Å²) in [6, 6.07) is 5.53. The van der Waals surface area contributed by atoms with E-state index in [1.54, 1.807) is 6.07 Å². The fraction of sp³-hybridized carbons (Fsp3) is 0.455. The lowest BCUT2D eigenvalue weighted by Crippen LogP contribution is -2.26. The molecular formula is C11H14BrNO. The van der Waals surface area contributed by atoms with E-state index >= 15 is 0 Å². The van der Waals surface area contributed by atoms with Crippen LogP contribution < -0.4 is 5.73 Å². The van der Waals surface area contributed by atoms with Gasteiger partial charge in [0.2, 0.25) is 0 Å². The van der Waals surface area contributed by atoms with Crippen molar-refractivity contribution in [1.29, 1.82) is 0 Å². The molecule has 3 N–H and O–H groups in total. The third kappa shape index (κ3) is 1.79. The van der Waals surface area contributed by atoms with Crippen LogP contribution in [0.15, 0.2) is 22.7 Å². The normalized spacial score (nSPS) is 19.0. The van der Waals surface area contributed by atoms with Gasteiger partial charge in [-0.05, 0) is 30.9 Å². The predicted molar refractivity (Wildman–Crippen MR) is 60.1 cm³/mol. The molecule has 1 unspecified atom stereocenters. The highest BCUT2D eigenvalue weighted by Gasteiger charge is 2.26. The van der Waals surface area contributed by atoms with Crippen molar-refractivity contribution in [2.45, 2.75) is 25.3 Å². The van der Waals surface area contributed by atoms with Crippen molar-refractivity contribution in [3.05, 3.63) is 28.2 Å². The second-order valence-corrected chi connectivity index (χ2v) is 4.84. The zero-order valence-corrected chi connectivity index (χ0v) is 9.50. The van der Waals surface area contributed by atoms with Crippen LogP contribution in [0.5, 0.6) is 5.75 Å². The van der Waals surface area contributed by atoms with E-state index < -0.39 is 0 Å². The van der Waals surface area contributed by atoms with Crippen molar-refractivity contribution in [2.24, 2.45) is 11.7 Å². The topological polar surface area (TPSA) is 46.2 Å². The molecule has 1 aromatic carbocycles. The quantitative estimate of drug-likeness (QED) is 0.854. The van der Waals surface area contributed by atoms with E-state index in [0.717, 1.165) is 10.0 Å². The van der Waals surface area contributed by atoms with Gasteiger partial charge in [0.25, 0.3) is 0 Å². The number of rotatable bonds is 2. The van der Waals surface area contributed by atoms with Gasteiger partial charge in [-0.3, -0.25) is 0 Å². The molecular weight excluding hydrogens is 242 g/mol. The molecule has 1 aromatic rings. The van der Waals surface area contributed by atoms with Crippen molar-refractivity contribution in [2.75, 3.05) is 0 Å². The van der Waals surface area contributed by atoms with E-state index in [2.05, 4.69) is 15.9 Å². The zero-order valence-electron chi connectivity index (χ0n) is 7.91. The molecule has 0 spiro atoms. The van der Waals surface area contributed by atoms with Crippen LogP contribution in [-0.4, -0.2) is 5.11 Å². The molecule has 2 nitrogen and oxygen atoms in total. The van der Waals surface area contributed by atoms with Crippen molar-refractivity contribution in [1.82, 2.24) is 0 Å². The third-order valence-electron chi connectivity index (χ3n) is 3.01. The minimum Gasteiger partial charge on any atom is -0.508 e. The Morgan fingerprint density at radius 3 is 2.64 bits per heavy atom. The fourth-order valence-electron chi connectivity index (χ4n) is 1.85. The Morgan fingerprint density at radius 2 is 2.14 bits per heavy atom. The van der Waals surface area contributed by atoms with E-state index in [1.165, 1.54) is 19.3 Å². The van der Waals surface area contributed by atoms with Crippen LogP contribution in [0.3, 0.4) is 0 Å². The number of hydrogen-bond donors (Lipinski definition) is 2. The van der Waals surface area contributed by atoms with Crippen molar-refractivity contribution < 1.29 is 5.11 Å². The number of phenols is 1. The molecule has 1 aliphatic carbocycles. The Bertz CT molecular complexity index is 336. The van der Waals surface area contributed by atoms with Gasteiger partial charge in [0.1, 0.15) is 5.75 Å². The smallest absolute Gasteiger partial charge is 0.121 e. The molecule has 2 rings (SSSR count). The van der Waals surface area contributed by atoms with Crippen LogP contribution >= 0.6 is 15.9 Å². The Labute approximate surface area is 92.3 Å². The van der Waals surface area contributed by atoms with Gasteiger partial charge in [0, 0.05) is 16.1 Å². The first kappa shape index (κ1) is 9.99. The van der Waals surface area contributed by atoms with E-state index in [1.807, 2.05) is 12.1 Å². The summed E-state index contributed by atoms with van der Waals surface area (Å²) in [4.78, 5) is 0. The predicted octanol–water partition coefficient (Wildman–Crippen LogP) is 2.95. The van der Waals surface area contributed by atoms with E-state index in [9.17, 15) is 5.11 Å². The molecule has 0 aromatic heterocycles. The lowest BCUT2D eigenvalue weighted by molar-refractivity contribution is 0.260. The van der Waals surface area contributed by atoms with Crippen molar-refractivity contribution >= 4 is 15.9 Å². The molecule has 0 aliphatic heterocycles. The van der Waals surface area contributed by atoms with Crippen LogP contribution in [0.25, 0.3) is 0 Å². The SMILES string of the molecule is NC(c1ccc(Br)cc1O)C1CCC1. The zero-order chi connectivity index (χ0) is 10.1. The minimum absolute atomic E-state index is 0.00292. The monoisotopic (exact) mass is 255 g/mol. The molecule has 76 valence electrons. The molecule has 0 radical (unpaired) electrons. The van der Waals surface area contributed by atoms with Crippen LogP contribution in [0.1, 0.15) is 30.9 Å². The lowest BCUT2D eigenvalue weighted by Gasteiger charge is -2.31. The Morgan fingerprint density at radius 1 is 1.43 bits per heavy atom. The van der Waals surface area contributed by atoms with E-state index in [0.29, 0.717) is 11.7 Å². The summed E-state index contributed by atoms with van der Waals surface area (Å²) in [5.41, 5.74) is 6.95. The molecule has 1 saturated carbocycles. The molecule has 14 heavy (non-hydrogen) atoms. The average molecular weight is 256 g/mol. The summed E-state index contributed by atoms with van der Waals surface area (Å²) < 4.78 is 0.888. The average Bonchev–Trinajstić information content (AvgIpc) is 2.00. The molecule has 3 heteroatoms. The maximum absolute atomic E-state index is 9.72. The van der Waals surface area contributed by atoms with Crippen LogP contribution in [-0.2, 0) is 0 Å². The van der Waals surface area contributed by atoms with Gasteiger partial charge in [0.15, 0.2) is 0 Å². The van der Waals surface area contributed by atoms with Gasteiger partial charge in [0.05, 0.1) is 0 Å². The molecule has 0 bridgehead atoms. The molecule has 1 aliphatic rings. The van der Waals surface area contributed by atoms with E-state index in [4.69, 9.17) is 5.73 Å². The Kier molecular flexibility index (Phi) is 2.79. The Hall–Kier alpha value is -0.540. The van der Waals surface area contributed by atoms with Gasteiger partial charge in [-0.2, -0.15) is 0 Å². The van der Waals surface area contributed by atoms with Gasteiger partial charge in [-0.1, -0.05) is 28.4 Å². The molecule has 0 saturated heterocycles. The number of benzene rings is 1. The van der Waals surface area contributed by atoms with E-state index in [-0.39, 0.29) is 6.04 Å². The number of nitrogens with two attached hydrogens (primary N) is 1. The summed E-state index contributed by atoms with van der Waals surface area (Å²) in [6.07, 6.45) is 3.66. The first-order valence-electron chi connectivity index (χ1n) is 4.92. The van der Waals surface area contributed by atoms with Gasteiger partial charge in [-0.25, -0.2) is 0 Å². The summed E-state index contributed by atoms with van der Waals surface area (Å²) in [5.74, 6) is 0.862. The van der Waals surface area contributed by atoms with Crippen molar-refractivity contribution in [3.8, 4) is 5.75 Å². The van der Waals surface area contributed by atoms with Crippen LogP contribution in [0, 0.1) is 5.92 Å². The van der Waals surface area contributed by atoms with Crippen LogP contribution in [0.4, 0.5) is 0 Å².